The number of imide groups is 1. The Hall–Kier alpha value is -2.29. The average Bonchev–Trinajstić information content (AvgIpc) is 2.89. The van der Waals surface area contributed by atoms with Crippen molar-refractivity contribution < 1.29 is 19.1 Å². The first-order chi connectivity index (χ1) is 13.3. The number of hydrogen-bond acceptors (Lipinski definition) is 5. The first kappa shape index (κ1) is 20.4. The van der Waals surface area contributed by atoms with Crippen molar-refractivity contribution in [2.45, 2.75) is 6.61 Å². The summed E-state index contributed by atoms with van der Waals surface area (Å²) in [5.74, 6) is -0.672. The van der Waals surface area contributed by atoms with E-state index in [-0.39, 0.29) is 4.91 Å². The summed E-state index contributed by atoms with van der Waals surface area (Å²) in [7, 11) is 0. The van der Waals surface area contributed by atoms with Crippen molar-refractivity contribution in [1.29, 1.82) is 0 Å². The third-order valence-electron chi connectivity index (χ3n) is 3.78. The van der Waals surface area contributed by atoms with Crippen LogP contribution in [0.25, 0.3) is 6.08 Å². The molecule has 2 aromatic rings. The highest BCUT2D eigenvalue weighted by Crippen LogP contribution is 2.34. The molecule has 0 saturated carbocycles. The molecule has 0 bridgehead atoms. The Morgan fingerprint density at radius 1 is 1.25 bits per heavy atom. The highest BCUT2D eigenvalue weighted by Gasteiger charge is 2.35. The zero-order valence-corrected chi connectivity index (χ0v) is 17.5. The van der Waals surface area contributed by atoms with Gasteiger partial charge in [0.15, 0.2) is 0 Å². The van der Waals surface area contributed by atoms with Gasteiger partial charge in [-0.2, -0.15) is 0 Å². The van der Waals surface area contributed by atoms with Crippen LogP contribution in [0.15, 0.2) is 51.8 Å². The summed E-state index contributed by atoms with van der Waals surface area (Å²) < 4.78 is 6.47. The molecule has 144 valence electrons. The van der Waals surface area contributed by atoms with E-state index >= 15 is 0 Å². The van der Waals surface area contributed by atoms with Crippen LogP contribution in [-0.2, 0) is 16.2 Å². The highest BCUT2D eigenvalue weighted by atomic mass is 79.9. The Morgan fingerprint density at radius 2 is 2.00 bits per heavy atom. The van der Waals surface area contributed by atoms with E-state index in [9.17, 15) is 14.4 Å². The maximum Gasteiger partial charge on any atom is 0.294 e. The Bertz CT molecular complexity index is 996. The van der Waals surface area contributed by atoms with Gasteiger partial charge in [-0.1, -0.05) is 35.9 Å². The van der Waals surface area contributed by atoms with Gasteiger partial charge in [-0.25, -0.2) is 0 Å². The van der Waals surface area contributed by atoms with Crippen molar-refractivity contribution in [3.63, 3.8) is 0 Å². The van der Waals surface area contributed by atoms with Crippen LogP contribution in [-0.4, -0.2) is 28.5 Å². The smallest absolute Gasteiger partial charge is 0.294 e. The lowest BCUT2D eigenvalue weighted by atomic mass is 10.2. The number of ether oxygens (including phenoxy) is 1. The van der Waals surface area contributed by atoms with Crippen LogP contribution in [0, 0.1) is 0 Å². The predicted molar refractivity (Wildman–Crippen MR) is 112 cm³/mol. The molecule has 0 radical (unpaired) electrons. The SMILES string of the molecule is NC(=O)CN1C(=O)S/C(=C\c2ccc(OCc3ccccc3Cl)c(Br)c2)C1=O. The van der Waals surface area contributed by atoms with E-state index in [0.717, 1.165) is 22.2 Å². The molecule has 2 aromatic carbocycles. The minimum Gasteiger partial charge on any atom is -0.488 e. The van der Waals surface area contributed by atoms with Gasteiger partial charge in [-0.3, -0.25) is 19.3 Å². The van der Waals surface area contributed by atoms with Crippen molar-refractivity contribution in [3.8, 4) is 5.75 Å². The third kappa shape index (κ3) is 4.76. The summed E-state index contributed by atoms with van der Waals surface area (Å²) in [5.41, 5.74) is 6.63. The molecule has 1 heterocycles. The summed E-state index contributed by atoms with van der Waals surface area (Å²) in [6.07, 6.45) is 1.58. The van der Waals surface area contributed by atoms with Crippen molar-refractivity contribution in [2.75, 3.05) is 6.54 Å². The van der Waals surface area contributed by atoms with E-state index in [1.807, 2.05) is 18.2 Å². The van der Waals surface area contributed by atoms with Crippen LogP contribution in [0.5, 0.6) is 5.75 Å². The van der Waals surface area contributed by atoms with Crippen LogP contribution in [0.2, 0.25) is 5.02 Å². The monoisotopic (exact) mass is 480 g/mol. The van der Waals surface area contributed by atoms with Gasteiger partial charge in [0.05, 0.1) is 9.38 Å². The molecular formula is C19H14BrClN2O4S. The summed E-state index contributed by atoms with van der Waals surface area (Å²) in [5, 5.41) is 0.107. The van der Waals surface area contributed by atoms with Gasteiger partial charge in [0, 0.05) is 10.6 Å². The zero-order valence-electron chi connectivity index (χ0n) is 14.4. The predicted octanol–water partition coefficient (Wildman–Crippen LogP) is 4.20. The molecule has 0 aromatic heterocycles. The first-order valence-corrected chi connectivity index (χ1v) is 10.0. The molecule has 9 heteroatoms. The van der Waals surface area contributed by atoms with Gasteiger partial charge in [-0.15, -0.1) is 0 Å². The second kappa shape index (κ2) is 8.81. The van der Waals surface area contributed by atoms with Crippen molar-refractivity contribution in [3.05, 3.63) is 68.0 Å². The fraction of sp³-hybridized carbons (Fsp3) is 0.105. The molecule has 6 nitrogen and oxygen atoms in total. The number of rotatable bonds is 6. The number of halogens is 2. The van der Waals surface area contributed by atoms with Gasteiger partial charge in [0.2, 0.25) is 5.91 Å². The molecule has 0 atom stereocenters. The minimum absolute atomic E-state index is 0.225. The van der Waals surface area contributed by atoms with Crippen LogP contribution in [0.1, 0.15) is 11.1 Å². The van der Waals surface area contributed by atoms with Crippen LogP contribution < -0.4 is 10.5 Å². The lowest BCUT2D eigenvalue weighted by molar-refractivity contribution is -0.127. The van der Waals surface area contributed by atoms with Gasteiger partial charge in [0.1, 0.15) is 18.9 Å². The molecule has 1 aliphatic rings. The fourth-order valence-corrected chi connectivity index (χ4v) is 3.98. The number of hydrogen-bond donors (Lipinski definition) is 1. The lowest BCUT2D eigenvalue weighted by Gasteiger charge is -2.10. The molecule has 1 fully saturated rings. The van der Waals surface area contributed by atoms with E-state index in [2.05, 4.69) is 15.9 Å². The molecule has 1 aliphatic heterocycles. The number of thioether (sulfide) groups is 1. The summed E-state index contributed by atoms with van der Waals surface area (Å²) in [6, 6.07) is 12.7. The molecule has 0 unspecified atom stereocenters. The Morgan fingerprint density at radius 3 is 2.68 bits per heavy atom. The van der Waals surface area contributed by atoms with Crippen LogP contribution in [0.4, 0.5) is 4.79 Å². The Labute approximate surface area is 178 Å². The second-order valence-electron chi connectivity index (χ2n) is 5.80. The quantitative estimate of drug-likeness (QED) is 0.625. The number of nitrogens with zero attached hydrogens (tertiary/aromatic N) is 1. The average molecular weight is 482 g/mol. The van der Waals surface area contributed by atoms with Gasteiger partial charge in [-0.05, 0) is 57.5 Å². The number of carbonyl (C=O) groups is 3. The van der Waals surface area contributed by atoms with E-state index in [0.29, 0.717) is 27.4 Å². The van der Waals surface area contributed by atoms with E-state index in [4.69, 9.17) is 22.1 Å². The second-order valence-corrected chi connectivity index (χ2v) is 8.06. The third-order valence-corrected chi connectivity index (χ3v) is 5.68. The summed E-state index contributed by atoms with van der Waals surface area (Å²) >= 11 is 10.3. The first-order valence-electron chi connectivity index (χ1n) is 8.04. The minimum atomic E-state index is -0.744. The van der Waals surface area contributed by atoms with E-state index in [1.165, 1.54) is 0 Å². The molecule has 1 saturated heterocycles. The maximum absolute atomic E-state index is 12.3. The topological polar surface area (TPSA) is 89.7 Å². The lowest BCUT2D eigenvalue weighted by Crippen LogP contribution is -2.36. The van der Waals surface area contributed by atoms with Crippen LogP contribution >= 0.6 is 39.3 Å². The molecule has 3 amide bonds. The Balaban J connectivity index is 1.73. The fourth-order valence-electron chi connectivity index (χ4n) is 2.44. The number of primary amides is 1. The van der Waals surface area contributed by atoms with Crippen LogP contribution in [0.3, 0.4) is 0 Å². The largest absolute Gasteiger partial charge is 0.488 e. The molecule has 2 N–H and O–H groups in total. The van der Waals surface area contributed by atoms with E-state index in [1.54, 1.807) is 30.3 Å². The van der Waals surface area contributed by atoms with Crippen molar-refractivity contribution in [2.24, 2.45) is 5.73 Å². The zero-order chi connectivity index (χ0) is 20.3. The van der Waals surface area contributed by atoms with E-state index < -0.39 is 23.6 Å². The summed E-state index contributed by atoms with van der Waals surface area (Å²) in [4.78, 5) is 36.2. The number of amides is 3. The number of carbonyl (C=O) groups excluding carboxylic acids is 3. The standard InChI is InChI=1S/C19H14BrClN2O4S/c20-13-7-11(8-16-18(25)23(9-17(22)24)19(26)28-16)5-6-15(13)27-10-12-3-1-2-4-14(12)21/h1-8H,9-10H2,(H2,22,24)/b16-8-. The van der Waals surface area contributed by atoms with Crippen molar-refractivity contribution in [1.82, 2.24) is 4.90 Å². The molecular weight excluding hydrogens is 468 g/mol. The van der Waals surface area contributed by atoms with Crippen molar-refractivity contribution >= 4 is 62.4 Å². The van der Waals surface area contributed by atoms with Gasteiger partial charge >= 0.3 is 0 Å². The molecule has 0 spiro atoms. The number of benzene rings is 2. The molecule has 0 aliphatic carbocycles. The Kier molecular flexibility index (Phi) is 6.43. The van der Waals surface area contributed by atoms with Gasteiger partial charge in [0.25, 0.3) is 11.1 Å². The summed E-state index contributed by atoms with van der Waals surface area (Å²) in [6.45, 7) is -0.121. The number of nitrogens with two attached hydrogens (primary N) is 1. The normalized spacial score (nSPS) is 15.4. The van der Waals surface area contributed by atoms with Gasteiger partial charge < -0.3 is 10.5 Å². The maximum atomic E-state index is 12.3. The molecule has 3 rings (SSSR count). The highest BCUT2D eigenvalue weighted by molar-refractivity contribution is 9.10. The molecule has 28 heavy (non-hydrogen) atoms.